The first kappa shape index (κ1) is 23.1. The fourth-order valence-corrected chi connectivity index (χ4v) is 3.27. The lowest BCUT2D eigenvalue weighted by atomic mass is 10.0. The predicted octanol–water partition coefficient (Wildman–Crippen LogP) is 5.28. The van der Waals surface area contributed by atoms with E-state index in [1.54, 1.807) is 6.21 Å². The van der Waals surface area contributed by atoms with Crippen LogP contribution < -0.4 is 14.9 Å². The maximum Gasteiger partial charge on any atom is 0.244 e. The van der Waals surface area contributed by atoms with Gasteiger partial charge in [-0.05, 0) is 68.1 Å². The van der Waals surface area contributed by atoms with E-state index in [-0.39, 0.29) is 5.91 Å². The Morgan fingerprint density at radius 1 is 0.906 bits per heavy atom. The number of hydrogen-bond donors (Lipinski definition) is 1. The van der Waals surface area contributed by atoms with Crippen LogP contribution in [0.15, 0.2) is 65.8 Å². The van der Waals surface area contributed by atoms with Gasteiger partial charge in [-0.3, -0.25) is 4.79 Å². The average Bonchev–Trinajstić information content (AvgIpc) is 2.76. The summed E-state index contributed by atoms with van der Waals surface area (Å²) < 4.78 is 11.7. The molecule has 0 aliphatic heterocycles. The van der Waals surface area contributed by atoms with Crippen LogP contribution in [-0.4, -0.2) is 18.7 Å². The van der Waals surface area contributed by atoms with E-state index >= 15 is 0 Å². The highest BCUT2D eigenvalue weighted by Gasteiger charge is 2.08. The Morgan fingerprint density at radius 2 is 1.66 bits per heavy atom. The molecule has 5 nitrogen and oxygen atoms in total. The first-order valence-corrected chi connectivity index (χ1v) is 10.8. The summed E-state index contributed by atoms with van der Waals surface area (Å²) in [6.45, 7) is 9.02. The van der Waals surface area contributed by atoms with Gasteiger partial charge in [0, 0.05) is 0 Å². The van der Waals surface area contributed by atoms with Gasteiger partial charge in [0.05, 0.1) is 19.2 Å². The summed E-state index contributed by atoms with van der Waals surface area (Å²) in [5.74, 6) is 1.16. The number of nitrogens with one attached hydrogen (secondary N) is 1. The third-order valence-corrected chi connectivity index (χ3v) is 5.03. The van der Waals surface area contributed by atoms with Gasteiger partial charge in [0.1, 0.15) is 6.61 Å². The maximum atomic E-state index is 12.2. The molecule has 0 saturated heterocycles. The van der Waals surface area contributed by atoms with Gasteiger partial charge in [0.25, 0.3) is 0 Å². The molecule has 0 spiro atoms. The van der Waals surface area contributed by atoms with Crippen molar-refractivity contribution >= 4 is 12.1 Å². The van der Waals surface area contributed by atoms with Crippen molar-refractivity contribution in [2.24, 2.45) is 5.10 Å². The summed E-state index contributed by atoms with van der Waals surface area (Å²) in [6.07, 6.45) is 1.89. The molecule has 166 valence electrons. The van der Waals surface area contributed by atoms with Crippen molar-refractivity contribution < 1.29 is 14.3 Å². The largest absolute Gasteiger partial charge is 0.490 e. The number of hydrazone groups is 1. The zero-order valence-corrected chi connectivity index (χ0v) is 19.1. The van der Waals surface area contributed by atoms with E-state index in [4.69, 9.17) is 9.47 Å². The first-order valence-electron chi connectivity index (χ1n) is 10.8. The number of amides is 1. The van der Waals surface area contributed by atoms with Crippen LogP contribution in [0.3, 0.4) is 0 Å². The minimum Gasteiger partial charge on any atom is -0.490 e. The van der Waals surface area contributed by atoms with E-state index in [1.807, 2.05) is 51.1 Å². The Morgan fingerprint density at radius 3 is 2.38 bits per heavy atom. The fraction of sp³-hybridized carbons (Fsp3) is 0.259. The van der Waals surface area contributed by atoms with E-state index in [0.717, 1.165) is 22.3 Å². The number of carbonyl (C=O) groups is 1. The molecule has 3 rings (SSSR count). The zero-order valence-electron chi connectivity index (χ0n) is 19.1. The van der Waals surface area contributed by atoms with E-state index in [0.29, 0.717) is 31.1 Å². The minimum absolute atomic E-state index is 0.156. The highest BCUT2D eigenvalue weighted by Crippen LogP contribution is 2.29. The molecule has 0 radical (unpaired) electrons. The van der Waals surface area contributed by atoms with Crippen molar-refractivity contribution in [3.05, 3.63) is 94.0 Å². The van der Waals surface area contributed by atoms with Crippen LogP contribution in [0.2, 0.25) is 0 Å². The molecule has 32 heavy (non-hydrogen) atoms. The number of rotatable bonds is 9. The van der Waals surface area contributed by atoms with E-state index in [1.165, 1.54) is 11.1 Å². The Hall–Kier alpha value is -3.60. The lowest BCUT2D eigenvalue weighted by Crippen LogP contribution is -2.20. The van der Waals surface area contributed by atoms with Crippen molar-refractivity contribution in [2.75, 3.05) is 6.61 Å². The number of carbonyl (C=O) groups excluding carboxylic acids is 1. The quantitative estimate of drug-likeness (QED) is 0.371. The standard InChI is InChI=1S/C27H30N2O3/c1-5-31-26-15-23(11-13-25(26)32-18-22-9-6-19(2)7-10-22)17-28-29-27(30)16-24-12-8-20(3)14-21(24)4/h6-15,17H,5,16,18H2,1-4H3,(H,29,30)/b28-17+. The minimum atomic E-state index is -0.156. The smallest absolute Gasteiger partial charge is 0.244 e. The van der Waals surface area contributed by atoms with Gasteiger partial charge in [-0.2, -0.15) is 5.10 Å². The van der Waals surface area contributed by atoms with Gasteiger partial charge >= 0.3 is 0 Å². The van der Waals surface area contributed by atoms with Crippen molar-refractivity contribution in [3.63, 3.8) is 0 Å². The topological polar surface area (TPSA) is 59.9 Å². The van der Waals surface area contributed by atoms with Gasteiger partial charge < -0.3 is 9.47 Å². The van der Waals surface area contributed by atoms with Crippen LogP contribution in [0.1, 0.15) is 40.3 Å². The van der Waals surface area contributed by atoms with Crippen molar-refractivity contribution in [1.29, 1.82) is 0 Å². The summed E-state index contributed by atoms with van der Waals surface area (Å²) in [6, 6.07) is 19.9. The highest BCUT2D eigenvalue weighted by atomic mass is 16.5. The highest BCUT2D eigenvalue weighted by molar-refractivity contribution is 5.84. The molecule has 0 aliphatic rings. The first-order chi connectivity index (χ1) is 15.4. The summed E-state index contributed by atoms with van der Waals surface area (Å²) in [5, 5.41) is 4.10. The van der Waals surface area contributed by atoms with E-state index in [9.17, 15) is 4.79 Å². The van der Waals surface area contributed by atoms with E-state index < -0.39 is 0 Å². The molecule has 3 aromatic carbocycles. The van der Waals surface area contributed by atoms with Crippen LogP contribution in [0.5, 0.6) is 11.5 Å². The molecule has 0 saturated carbocycles. The van der Waals surface area contributed by atoms with Crippen LogP contribution in [0, 0.1) is 20.8 Å². The lowest BCUT2D eigenvalue weighted by Gasteiger charge is -2.13. The molecule has 0 unspecified atom stereocenters. The van der Waals surface area contributed by atoms with Gasteiger partial charge in [-0.15, -0.1) is 0 Å². The monoisotopic (exact) mass is 430 g/mol. The summed E-state index contributed by atoms with van der Waals surface area (Å²) in [5.41, 5.74) is 9.00. The van der Waals surface area contributed by atoms with Gasteiger partial charge in [0.2, 0.25) is 5.91 Å². The van der Waals surface area contributed by atoms with Crippen LogP contribution in [0.25, 0.3) is 0 Å². The summed E-state index contributed by atoms with van der Waals surface area (Å²) in [4.78, 5) is 12.2. The Kier molecular flexibility index (Phi) is 8.03. The second-order valence-corrected chi connectivity index (χ2v) is 7.81. The lowest BCUT2D eigenvalue weighted by molar-refractivity contribution is -0.120. The molecule has 0 fully saturated rings. The molecular weight excluding hydrogens is 400 g/mol. The number of aryl methyl sites for hydroxylation is 3. The molecule has 3 aromatic rings. The van der Waals surface area contributed by atoms with Gasteiger partial charge in [-0.25, -0.2) is 5.43 Å². The molecule has 1 N–H and O–H groups in total. The van der Waals surface area contributed by atoms with Crippen molar-refractivity contribution in [1.82, 2.24) is 5.43 Å². The Labute approximate surface area is 190 Å². The summed E-state index contributed by atoms with van der Waals surface area (Å²) in [7, 11) is 0. The Bertz CT molecular complexity index is 1090. The summed E-state index contributed by atoms with van der Waals surface area (Å²) >= 11 is 0. The average molecular weight is 431 g/mol. The molecule has 1 amide bonds. The van der Waals surface area contributed by atoms with Crippen molar-refractivity contribution in [2.45, 2.75) is 40.7 Å². The van der Waals surface area contributed by atoms with Crippen LogP contribution in [-0.2, 0) is 17.8 Å². The molecule has 0 aromatic heterocycles. The maximum absolute atomic E-state index is 12.2. The Balaban J connectivity index is 1.60. The van der Waals surface area contributed by atoms with Gasteiger partial charge in [0.15, 0.2) is 11.5 Å². The fourth-order valence-electron chi connectivity index (χ4n) is 3.27. The third-order valence-electron chi connectivity index (χ3n) is 5.03. The zero-order chi connectivity index (χ0) is 22.9. The molecule has 0 atom stereocenters. The number of benzene rings is 3. The van der Waals surface area contributed by atoms with E-state index in [2.05, 4.69) is 47.8 Å². The predicted molar refractivity (Wildman–Crippen MR) is 128 cm³/mol. The number of hydrogen-bond acceptors (Lipinski definition) is 4. The van der Waals surface area contributed by atoms with Crippen molar-refractivity contribution in [3.8, 4) is 11.5 Å². The molecule has 5 heteroatoms. The second-order valence-electron chi connectivity index (χ2n) is 7.81. The second kappa shape index (κ2) is 11.1. The normalized spacial score (nSPS) is 10.9. The van der Waals surface area contributed by atoms with Crippen LogP contribution >= 0.6 is 0 Å². The number of ether oxygens (including phenoxy) is 2. The van der Waals surface area contributed by atoms with Crippen LogP contribution in [0.4, 0.5) is 0 Å². The van der Waals surface area contributed by atoms with Gasteiger partial charge in [-0.1, -0.05) is 53.6 Å². The molecule has 0 aliphatic carbocycles. The SMILES string of the molecule is CCOc1cc(/C=N/NC(=O)Cc2ccc(C)cc2C)ccc1OCc1ccc(C)cc1. The molecule has 0 bridgehead atoms. The number of nitrogens with zero attached hydrogens (tertiary/aromatic N) is 1. The third kappa shape index (κ3) is 6.71. The molecule has 0 heterocycles. The molecular formula is C27H30N2O3.